The van der Waals surface area contributed by atoms with Crippen LogP contribution in [0.5, 0.6) is 0 Å². The van der Waals surface area contributed by atoms with E-state index in [9.17, 15) is 14.6 Å². The van der Waals surface area contributed by atoms with E-state index < -0.39 is 13.5 Å². The standard InChI is InChI=1S/C10H22NO3P.ClH/c11-6-10(12)8-15(13,14)7-9-4-2-1-3-5-9;/h9-10,12H,1-8,11H2,(H,13,14);1H/t10-;/m1./s1. The van der Waals surface area contributed by atoms with Gasteiger partial charge >= 0.3 is 0 Å². The zero-order valence-electron chi connectivity index (χ0n) is 9.55. The van der Waals surface area contributed by atoms with Crippen molar-refractivity contribution in [3.05, 3.63) is 0 Å². The number of aliphatic hydroxyl groups excluding tert-OH is 1. The van der Waals surface area contributed by atoms with Crippen molar-refractivity contribution in [1.29, 1.82) is 0 Å². The lowest BCUT2D eigenvalue weighted by molar-refractivity contribution is 0.202. The van der Waals surface area contributed by atoms with Crippen molar-refractivity contribution in [1.82, 2.24) is 0 Å². The molecule has 0 saturated heterocycles. The molecule has 1 aliphatic rings. The highest BCUT2D eigenvalue weighted by atomic mass is 35.5. The lowest BCUT2D eigenvalue weighted by atomic mass is 9.91. The fourth-order valence-electron chi connectivity index (χ4n) is 2.25. The quantitative estimate of drug-likeness (QED) is 0.663. The van der Waals surface area contributed by atoms with Crippen LogP contribution in [0, 0.1) is 5.92 Å². The molecular weight excluding hydrogens is 249 g/mol. The van der Waals surface area contributed by atoms with Crippen molar-refractivity contribution >= 4 is 19.8 Å². The molecule has 0 aromatic rings. The average Bonchev–Trinajstić information content (AvgIpc) is 2.17. The van der Waals surface area contributed by atoms with Crippen molar-refractivity contribution in [2.24, 2.45) is 11.7 Å². The van der Waals surface area contributed by atoms with Gasteiger partial charge in [-0.15, -0.1) is 12.4 Å². The third kappa shape index (κ3) is 6.21. The highest BCUT2D eigenvalue weighted by molar-refractivity contribution is 7.58. The minimum Gasteiger partial charge on any atom is -0.391 e. The summed E-state index contributed by atoms with van der Waals surface area (Å²) in [5, 5.41) is 9.27. The number of aliphatic hydroxyl groups is 1. The van der Waals surface area contributed by atoms with Crippen LogP contribution in [0.15, 0.2) is 0 Å². The Morgan fingerprint density at radius 1 is 1.31 bits per heavy atom. The van der Waals surface area contributed by atoms with Gasteiger partial charge < -0.3 is 15.7 Å². The second-order valence-electron chi connectivity index (χ2n) is 4.61. The van der Waals surface area contributed by atoms with E-state index in [4.69, 9.17) is 5.73 Å². The molecule has 0 bridgehead atoms. The zero-order chi connectivity index (χ0) is 11.3. The van der Waals surface area contributed by atoms with E-state index in [0.717, 1.165) is 12.8 Å². The molecule has 1 fully saturated rings. The molecular formula is C10H23ClNO3P. The third-order valence-electron chi connectivity index (χ3n) is 3.04. The molecule has 1 saturated carbocycles. The molecule has 1 aliphatic carbocycles. The Balaban J connectivity index is 0.00000225. The van der Waals surface area contributed by atoms with Gasteiger partial charge in [-0.05, 0) is 18.8 Å². The normalized spacial score (nSPS) is 23.2. The van der Waals surface area contributed by atoms with Crippen molar-refractivity contribution < 1.29 is 14.6 Å². The van der Waals surface area contributed by atoms with E-state index in [-0.39, 0.29) is 25.1 Å². The van der Waals surface area contributed by atoms with Crippen LogP contribution in [0.3, 0.4) is 0 Å². The summed E-state index contributed by atoms with van der Waals surface area (Å²) in [4.78, 5) is 9.71. The highest BCUT2D eigenvalue weighted by Gasteiger charge is 2.27. The Morgan fingerprint density at radius 3 is 2.38 bits per heavy atom. The SMILES string of the molecule is Cl.NC[C@@H](O)CP(=O)(O)CC1CCCCC1. The summed E-state index contributed by atoms with van der Waals surface area (Å²) in [7, 11) is -3.16. The summed E-state index contributed by atoms with van der Waals surface area (Å²) >= 11 is 0. The predicted octanol–water partition coefficient (Wildman–Crippen LogP) is 1.58. The second kappa shape index (κ2) is 7.67. The summed E-state index contributed by atoms with van der Waals surface area (Å²) < 4.78 is 11.8. The van der Waals surface area contributed by atoms with E-state index in [1.54, 1.807) is 0 Å². The Bertz CT molecular complexity index is 234. The van der Waals surface area contributed by atoms with Gasteiger partial charge in [0.2, 0.25) is 7.37 Å². The molecule has 0 aliphatic heterocycles. The minimum absolute atomic E-state index is 0. The predicted molar refractivity (Wildman–Crippen MR) is 68.4 cm³/mol. The molecule has 1 rings (SSSR count). The maximum atomic E-state index is 11.8. The number of hydrogen-bond acceptors (Lipinski definition) is 3. The fraction of sp³-hybridized carbons (Fsp3) is 1.00. The fourth-order valence-corrected chi connectivity index (χ4v) is 4.38. The van der Waals surface area contributed by atoms with Crippen LogP contribution in [0.4, 0.5) is 0 Å². The molecule has 2 atom stereocenters. The second-order valence-corrected chi connectivity index (χ2v) is 7.03. The van der Waals surface area contributed by atoms with Gasteiger partial charge in [0, 0.05) is 12.7 Å². The van der Waals surface area contributed by atoms with E-state index in [1.807, 2.05) is 0 Å². The molecule has 0 aromatic heterocycles. The van der Waals surface area contributed by atoms with E-state index in [2.05, 4.69) is 0 Å². The molecule has 0 amide bonds. The molecule has 0 aromatic carbocycles. The van der Waals surface area contributed by atoms with Gasteiger partial charge in [0.15, 0.2) is 0 Å². The molecule has 16 heavy (non-hydrogen) atoms. The zero-order valence-corrected chi connectivity index (χ0v) is 11.3. The van der Waals surface area contributed by atoms with Crippen molar-refractivity contribution in [2.45, 2.75) is 38.2 Å². The highest BCUT2D eigenvalue weighted by Crippen LogP contribution is 2.45. The molecule has 1 unspecified atom stereocenters. The van der Waals surface area contributed by atoms with Gasteiger partial charge in [0.05, 0.1) is 12.3 Å². The van der Waals surface area contributed by atoms with Gasteiger partial charge in [0.25, 0.3) is 0 Å². The van der Waals surface area contributed by atoms with Crippen LogP contribution < -0.4 is 5.73 Å². The summed E-state index contributed by atoms with van der Waals surface area (Å²) in [6.45, 7) is 0.0647. The van der Waals surface area contributed by atoms with E-state index in [0.29, 0.717) is 12.1 Å². The van der Waals surface area contributed by atoms with Gasteiger partial charge in [-0.3, -0.25) is 4.57 Å². The number of hydrogen-bond donors (Lipinski definition) is 3. The van der Waals surface area contributed by atoms with Crippen LogP contribution in [0.1, 0.15) is 32.1 Å². The number of halogens is 1. The molecule has 98 valence electrons. The van der Waals surface area contributed by atoms with E-state index >= 15 is 0 Å². The van der Waals surface area contributed by atoms with Gasteiger partial charge in [-0.25, -0.2) is 0 Å². The first-order chi connectivity index (χ1) is 7.03. The smallest absolute Gasteiger partial charge is 0.203 e. The maximum Gasteiger partial charge on any atom is 0.203 e. The Hall–Kier alpha value is 0.400. The van der Waals surface area contributed by atoms with Crippen LogP contribution in [0.2, 0.25) is 0 Å². The Labute approximate surface area is 103 Å². The monoisotopic (exact) mass is 271 g/mol. The summed E-state index contributed by atoms with van der Waals surface area (Å²) in [6, 6.07) is 0. The van der Waals surface area contributed by atoms with Crippen LogP contribution in [-0.2, 0) is 4.57 Å². The third-order valence-corrected chi connectivity index (χ3v) is 5.12. The van der Waals surface area contributed by atoms with Crippen molar-refractivity contribution in [2.75, 3.05) is 18.9 Å². The lowest BCUT2D eigenvalue weighted by Gasteiger charge is -2.24. The summed E-state index contributed by atoms with van der Waals surface area (Å²) in [6.07, 6.45) is 5.20. The largest absolute Gasteiger partial charge is 0.391 e. The molecule has 0 heterocycles. The Morgan fingerprint density at radius 2 is 1.88 bits per heavy atom. The van der Waals surface area contributed by atoms with Gasteiger partial charge in [0.1, 0.15) is 0 Å². The van der Waals surface area contributed by atoms with Gasteiger partial charge in [-0.2, -0.15) is 0 Å². The number of nitrogens with two attached hydrogens (primary N) is 1. The topological polar surface area (TPSA) is 83.5 Å². The molecule has 4 nitrogen and oxygen atoms in total. The first kappa shape index (κ1) is 16.4. The van der Waals surface area contributed by atoms with Crippen LogP contribution >= 0.6 is 19.8 Å². The van der Waals surface area contributed by atoms with Crippen LogP contribution in [-0.4, -0.2) is 35.0 Å². The number of rotatable bonds is 5. The van der Waals surface area contributed by atoms with Crippen molar-refractivity contribution in [3.63, 3.8) is 0 Å². The van der Waals surface area contributed by atoms with Crippen LogP contribution in [0.25, 0.3) is 0 Å². The Kier molecular flexibility index (Phi) is 7.87. The molecule has 0 radical (unpaired) electrons. The first-order valence-corrected chi connectivity index (χ1v) is 7.75. The summed E-state index contributed by atoms with van der Waals surface area (Å²) in [5.41, 5.74) is 5.23. The lowest BCUT2D eigenvalue weighted by Crippen LogP contribution is -2.25. The summed E-state index contributed by atoms with van der Waals surface area (Å²) in [5.74, 6) is 0.375. The first-order valence-electron chi connectivity index (χ1n) is 5.72. The molecule has 0 spiro atoms. The maximum absolute atomic E-state index is 11.8. The minimum atomic E-state index is -3.16. The molecule has 4 N–H and O–H groups in total. The van der Waals surface area contributed by atoms with E-state index in [1.165, 1.54) is 19.3 Å². The van der Waals surface area contributed by atoms with Gasteiger partial charge in [-0.1, -0.05) is 19.3 Å². The van der Waals surface area contributed by atoms with Crippen molar-refractivity contribution in [3.8, 4) is 0 Å². The average molecular weight is 272 g/mol. The molecule has 6 heteroatoms.